The van der Waals surface area contributed by atoms with E-state index in [1.165, 1.54) is 6.07 Å². The molecule has 2 aromatic heterocycles. The molecule has 3 aromatic rings. The van der Waals surface area contributed by atoms with E-state index < -0.39 is 29.5 Å². The number of carboxylic acid groups (broad SMARTS) is 1. The average molecular weight is 446 g/mol. The minimum atomic E-state index is -4.47. The van der Waals surface area contributed by atoms with Crippen molar-refractivity contribution in [2.45, 2.75) is 25.4 Å². The maximum atomic E-state index is 13.2. The van der Waals surface area contributed by atoms with Gasteiger partial charge in [-0.2, -0.15) is 23.3 Å². The highest BCUT2D eigenvalue weighted by molar-refractivity contribution is 5.71. The molecular weight excluding hydrogens is 425 g/mol. The van der Waals surface area contributed by atoms with Crippen molar-refractivity contribution in [3.05, 3.63) is 59.4 Å². The molecule has 1 saturated heterocycles. The van der Waals surface area contributed by atoms with Gasteiger partial charge in [0, 0.05) is 36.8 Å². The zero-order valence-corrected chi connectivity index (χ0v) is 17.1. The molecule has 1 aromatic carbocycles. The average Bonchev–Trinajstić information content (AvgIpc) is 3.25. The first kappa shape index (κ1) is 21.6. The molecule has 2 unspecified atom stereocenters. The van der Waals surface area contributed by atoms with E-state index in [0.717, 1.165) is 12.1 Å². The van der Waals surface area contributed by atoms with Crippen LogP contribution in [-0.4, -0.2) is 44.3 Å². The van der Waals surface area contributed by atoms with E-state index in [4.69, 9.17) is 0 Å². The fraction of sp³-hybridized carbons (Fsp3) is 0.333. The molecule has 0 radical (unpaired) electrons. The molecule has 0 spiro atoms. The molecule has 32 heavy (non-hydrogen) atoms. The van der Waals surface area contributed by atoms with Crippen LogP contribution in [0.1, 0.15) is 29.2 Å². The normalized spacial score (nSPS) is 19.1. The lowest BCUT2D eigenvalue weighted by atomic mass is 9.84. The van der Waals surface area contributed by atoms with Gasteiger partial charge in [0.1, 0.15) is 11.6 Å². The van der Waals surface area contributed by atoms with Crippen molar-refractivity contribution in [3.63, 3.8) is 0 Å². The maximum absolute atomic E-state index is 13.2. The van der Waals surface area contributed by atoms with E-state index in [9.17, 15) is 23.1 Å². The number of hydrogen-bond acceptors (Lipinski definition) is 6. The number of aromatic amines is 1. The number of rotatable bonds is 5. The second kappa shape index (κ2) is 8.48. The predicted octanol–water partition coefficient (Wildman–Crippen LogP) is 3.97. The number of nitrogens with zero attached hydrogens (tertiary/aromatic N) is 4. The molecule has 3 heterocycles. The highest BCUT2D eigenvalue weighted by Crippen LogP contribution is 2.36. The summed E-state index contributed by atoms with van der Waals surface area (Å²) in [6, 6.07) is 8.51. The third-order valence-electron chi connectivity index (χ3n) is 5.37. The van der Waals surface area contributed by atoms with Gasteiger partial charge in [0.05, 0.1) is 17.7 Å². The highest BCUT2D eigenvalue weighted by Gasteiger charge is 2.35. The summed E-state index contributed by atoms with van der Waals surface area (Å²) in [5, 5.41) is 19.4. The summed E-state index contributed by atoms with van der Waals surface area (Å²) in [4.78, 5) is 22.5. The number of hydrogen-bond donors (Lipinski definition) is 3. The Balaban J connectivity index is 1.64. The lowest BCUT2D eigenvalue weighted by Crippen LogP contribution is -2.43. The van der Waals surface area contributed by atoms with Crippen molar-refractivity contribution in [1.29, 1.82) is 0 Å². The molecule has 0 saturated carbocycles. The largest absolute Gasteiger partial charge is 0.481 e. The first-order valence-electron chi connectivity index (χ1n) is 9.96. The molecule has 0 bridgehead atoms. The van der Waals surface area contributed by atoms with E-state index in [1.807, 2.05) is 0 Å². The van der Waals surface area contributed by atoms with E-state index in [2.05, 4.69) is 25.5 Å². The van der Waals surface area contributed by atoms with Gasteiger partial charge in [-0.05, 0) is 25.0 Å². The summed E-state index contributed by atoms with van der Waals surface area (Å²) in [5.41, 5.74) is 0.348. The molecular formula is C21H21F3N6O2. The number of piperidine rings is 1. The first-order valence-corrected chi connectivity index (χ1v) is 9.96. The van der Waals surface area contributed by atoms with Gasteiger partial charge in [-0.3, -0.25) is 9.89 Å². The summed E-state index contributed by atoms with van der Waals surface area (Å²) in [7, 11) is 0. The Hall–Kier alpha value is -3.63. The minimum Gasteiger partial charge on any atom is -0.481 e. The van der Waals surface area contributed by atoms with Gasteiger partial charge in [0.2, 0.25) is 5.95 Å². The Labute approximate surface area is 181 Å². The lowest BCUT2D eigenvalue weighted by Gasteiger charge is -2.36. The van der Waals surface area contributed by atoms with E-state index in [1.54, 1.807) is 36.2 Å². The number of anilines is 3. The molecule has 2 atom stereocenters. The number of benzene rings is 1. The van der Waals surface area contributed by atoms with Gasteiger partial charge in [-0.25, -0.2) is 4.98 Å². The van der Waals surface area contributed by atoms with Crippen molar-refractivity contribution >= 4 is 23.6 Å². The van der Waals surface area contributed by atoms with Gasteiger partial charge < -0.3 is 15.3 Å². The van der Waals surface area contributed by atoms with Crippen LogP contribution < -0.4 is 10.2 Å². The first-order chi connectivity index (χ1) is 15.2. The van der Waals surface area contributed by atoms with Crippen LogP contribution >= 0.6 is 0 Å². The standard InChI is InChI=1S/C21H21F3N6O2/c1-12-7-18(27-17-5-6-25-29-17)28-20(26-12)30-10-14(8-15(11-30)19(31)32)13-3-2-4-16(9-13)21(22,23)24/h2-7,9,14-15H,8,10-11H2,1H3,(H,31,32)(H2,25,26,27,28,29). The maximum Gasteiger partial charge on any atom is 0.416 e. The van der Waals surface area contributed by atoms with Crippen LogP contribution in [0.4, 0.5) is 30.8 Å². The van der Waals surface area contributed by atoms with Crippen molar-refractivity contribution in [1.82, 2.24) is 20.2 Å². The van der Waals surface area contributed by atoms with Crippen molar-refractivity contribution in [2.75, 3.05) is 23.3 Å². The van der Waals surface area contributed by atoms with Gasteiger partial charge in [-0.1, -0.05) is 18.2 Å². The Morgan fingerprint density at radius 1 is 1.22 bits per heavy atom. The van der Waals surface area contributed by atoms with Crippen LogP contribution in [0.15, 0.2) is 42.6 Å². The fourth-order valence-corrected chi connectivity index (χ4v) is 3.87. The lowest BCUT2D eigenvalue weighted by molar-refractivity contribution is -0.142. The summed E-state index contributed by atoms with van der Waals surface area (Å²) in [6.45, 7) is 2.25. The summed E-state index contributed by atoms with van der Waals surface area (Å²) >= 11 is 0. The molecule has 8 nitrogen and oxygen atoms in total. The SMILES string of the molecule is Cc1cc(Nc2ccn[nH]2)nc(N2CC(C(=O)O)CC(c3cccc(C(F)(F)F)c3)C2)n1. The number of H-pyrrole nitrogens is 1. The monoisotopic (exact) mass is 446 g/mol. The van der Waals surface area contributed by atoms with Crippen LogP contribution in [0.25, 0.3) is 0 Å². The number of carbonyl (C=O) groups is 1. The molecule has 4 rings (SSSR count). The summed E-state index contributed by atoms with van der Waals surface area (Å²) in [5.74, 6) is -0.760. The Bertz CT molecular complexity index is 1100. The van der Waals surface area contributed by atoms with Crippen molar-refractivity contribution in [3.8, 4) is 0 Å². The smallest absolute Gasteiger partial charge is 0.416 e. The van der Waals surface area contributed by atoms with Gasteiger partial charge in [0.15, 0.2) is 0 Å². The Kier molecular flexibility index (Phi) is 5.72. The van der Waals surface area contributed by atoms with Crippen LogP contribution in [0, 0.1) is 12.8 Å². The molecule has 0 amide bonds. The van der Waals surface area contributed by atoms with Crippen LogP contribution in [0.2, 0.25) is 0 Å². The number of nitrogens with one attached hydrogen (secondary N) is 2. The minimum absolute atomic E-state index is 0.164. The van der Waals surface area contributed by atoms with E-state index in [-0.39, 0.29) is 13.0 Å². The second-order valence-corrected chi connectivity index (χ2v) is 7.79. The number of carboxylic acids is 1. The highest BCUT2D eigenvalue weighted by atomic mass is 19.4. The molecule has 0 aliphatic carbocycles. The number of aryl methyl sites for hydroxylation is 1. The molecule has 1 fully saturated rings. The third kappa shape index (κ3) is 4.82. The zero-order chi connectivity index (χ0) is 22.9. The molecule has 11 heteroatoms. The number of alkyl halides is 3. The number of aromatic nitrogens is 4. The van der Waals surface area contributed by atoms with E-state index >= 15 is 0 Å². The quantitative estimate of drug-likeness (QED) is 0.545. The van der Waals surface area contributed by atoms with E-state index in [0.29, 0.717) is 35.4 Å². The molecule has 1 aliphatic rings. The summed E-state index contributed by atoms with van der Waals surface area (Å²) in [6.07, 6.45) is -2.65. The van der Waals surface area contributed by atoms with Crippen LogP contribution in [0.3, 0.4) is 0 Å². The third-order valence-corrected chi connectivity index (χ3v) is 5.37. The molecule has 3 N–H and O–H groups in total. The Morgan fingerprint density at radius 2 is 2.03 bits per heavy atom. The predicted molar refractivity (Wildman–Crippen MR) is 111 cm³/mol. The molecule has 168 valence electrons. The topological polar surface area (TPSA) is 107 Å². The van der Waals surface area contributed by atoms with Crippen LogP contribution in [0.5, 0.6) is 0 Å². The van der Waals surface area contributed by atoms with Crippen molar-refractivity contribution in [2.24, 2.45) is 5.92 Å². The van der Waals surface area contributed by atoms with Crippen molar-refractivity contribution < 1.29 is 23.1 Å². The van der Waals surface area contributed by atoms with Gasteiger partial charge in [0.25, 0.3) is 0 Å². The number of aliphatic carboxylic acids is 1. The fourth-order valence-electron chi connectivity index (χ4n) is 3.87. The Morgan fingerprint density at radius 3 is 2.72 bits per heavy atom. The molecule has 1 aliphatic heterocycles. The number of halogens is 3. The van der Waals surface area contributed by atoms with Crippen LogP contribution in [-0.2, 0) is 11.0 Å². The summed E-state index contributed by atoms with van der Waals surface area (Å²) < 4.78 is 39.6. The zero-order valence-electron chi connectivity index (χ0n) is 17.1. The van der Waals surface area contributed by atoms with Gasteiger partial charge >= 0.3 is 12.1 Å². The van der Waals surface area contributed by atoms with Gasteiger partial charge in [-0.15, -0.1) is 0 Å². The second-order valence-electron chi connectivity index (χ2n) is 7.79.